The predicted molar refractivity (Wildman–Crippen MR) is 106 cm³/mol. The molecule has 0 aliphatic heterocycles. The smallest absolute Gasteiger partial charge is 0.251 e. The summed E-state index contributed by atoms with van der Waals surface area (Å²) in [6, 6.07) is 12.0. The quantitative estimate of drug-likeness (QED) is 0.679. The fourth-order valence-corrected chi connectivity index (χ4v) is 2.62. The van der Waals surface area contributed by atoms with Crippen molar-refractivity contribution >= 4 is 35.0 Å². The van der Waals surface area contributed by atoms with Crippen molar-refractivity contribution in [3.05, 3.63) is 64.7 Å². The van der Waals surface area contributed by atoms with Gasteiger partial charge in [0.1, 0.15) is 6.04 Å². The van der Waals surface area contributed by atoms with E-state index in [1.165, 1.54) is 12.1 Å². The van der Waals surface area contributed by atoms with E-state index >= 15 is 0 Å². The Hall–Kier alpha value is -2.86. The van der Waals surface area contributed by atoms with Crippen molar-refractivity contribution in [1.82, 2.24) is 5.32 Å². The monoisotopic (exact) mass is 387 g/mol. The molecule has 0 spiro atoms. The van der Waals surface area contributed by atoms with Crippen LogP contribution in [0.25, 0.3) is 0 Å². The molecule has 142 valence electrons. The zero-order valence-corrected chi connectivity index (χ0v) is 15.9. The van der Waals surface area contributed by atoms with Crippen LogP contribution in [0.4, 0.5) is 5.69 Å². The number of primary amides is 1. The van der Waals surface area contributed by atoms with Gasteiger partial charge < -0.3 is 16.4 Å². The summed E-state index contributed by atoms with van der Waals surface area (Å²) < 4.78 is 0. The number of benzene rings is 2. The number of anilines is 1. The van der Waals surface area contributed by atoms with Crippen molar-refractivity contribution in [2.45, 2.75) is 26.3 Å². The molecule has 0 saturated carbocycles. The van der Waals surface area contributed by atoms with Crippen molar-refractivity contribution in [3.63, 3.8) is 0 Å². The number of carbonyl (C=O) groups is 3. The van der Waals surface area contributed by atoms with Gasteiger partial charge >= 0.3 is 0 Å². The van der Waals surface area contributed by atoms with Gasteiger partial charge in [-0.15, -0.1) is 0 Å². The normalized spacial score (nSPS) is 11.7. The van der Waals surface area contributed by atoms with E-state index in [9.17, 15) is 14.4 Å². The van der Waals surface area contributed by atoms with Crippen LogP contribution in [-0.4, -0.2) is 23.8 Å². The second-order valence-corrected chi connectivity index (χ2v) is 7.03. The fraction of sp³-hybridized carbons (Fsp3) is 0.250. The molecule has 0 aliphatic rings. The van der Waals surface area contributed by atoms with Crippen molar-refractivity contribution in [1.29, 1.82) is 0 Å². The van der Waals surface area contributed by atoms with Gasteiger partial charge in [0, 0.05) is 21.8 Å². The molecule has 0 aromatic heterocycles. The summed E-state index contributed by atoms with van der Waals surface area (Å²) in [7, 11) is 0. The van der Waals surface area contributed by atoms with Crippen LogP contribution in [0.2, 0.25) is 5.02 Å². The van der Waals surface area contributed by atoms with Gasteiger partial charge in [0.2, 0.25) is 11.8 Å². The summed E-state index contributed by atoms with van der Waals surface area (Å²) in [6.07, 6.45) is 0.477. The summed E-state index contributed by atoms with van der Waals surface area (Å²) in [5.41, 5.74) is 6.49. The molecule has 27 heavy (non-hydrogen) atoms. The Labute approximate surface area is 163 Å². The molecule has 2 aromatic rings. The van der Waals surface area contributed by atoms with E-state index in [2.05, 4.69) is 10.6 Å². The number of rotatable bonds is 7. The van der Waals surface area contributed by atoms with Gasteiger partial charge in [-0.2, -0.15) is 0 Å². The van der Waals surface area contributed by atoms with Gasteiger partial charge in [-0.1, -0.05) is 25.4 Å². The maximum atomic E-state index is 12.6. The van der Waals surface area contributed by atoms with E-state index in [1.54, 1.807) is 36.4 Å². The minimum absolute atomic E-state index is 0.198. The summed E-state index contributed by atoms with van der Waals surface area (Å²) in [6.45, 7) is 3.94. The highest BCUT2D eigenvalue weighted by molar-refractivity contribution is 6.30. The average molecular weight is 388 g/mol. The van der Waals surface area contributed by atoms with Crippen molar-refractivity contribution < 1.29 is 14.4 Å². The van der Waals surface area contributed by atoms with Crippen LogP contribution in [0.5, 0.6) is 0 Å². The Kier molecular flexibility index (Phi) is 6.96. The van der Waals surface area contributed by atoms with Crippen LogP contribution < -0.4 is 16.4 Å². The molecule has 1 atom stereocenters. The second-order valence-electron chi connectivity index (χ2n) is 6.59. The molecule has 2 rings (SSSR count). The Morgan fingerprint density at radius 2 is 1.52 bits per heavy atom. The molecule has 6 nitrogen and oxygen atoms in total. The first-order valence-electron chi connectivity index (χ1n) is 8.53. The maximum absolute atomic E-state index is 12.6. The SMILES string of the molecule is CC(C)CC(NC(=O)c1ccc(Cl)cc1)C(=O)Nc1ccc(C(N)=O)cc1. The molecule has 0 aliphatic carbocycles. The van der Waals surface area contributed by atoms with E-state index in [-0.39, 0.29) is 17.7 Å². The molecule has 0 saturated heterocycles. The summed E-state index contributed by atoms with van der Waals surface area (Å²) >= 11 is 5.84. The molecule has 0 fully saturated rings. The Balaban J connectivity index is 2.09. The molecule has 4 N–H and O–H groups in total. The molecular formula is C20H22ClN3O3. The van der Waals surface area contributed by atoms with Gasteiger partial charge in [-0.3, -0.25) is 14.4 Å². The summed E-state index contributed by atoms with van der Waals surface area (Å²) in [5.74, 6) is -1.03. The number of halogens is 1. The fourth-order valence-electron chi connectivity index (χ4n) is 2.49. The van der Waals surface area contributed by atoms with Crippen molar-refractivity contribution in [2.24, 2.45) is 11.7 Å². The van der Waals surface area contributed by atoms with Gasteiger partial charge in [-0.25, -0.2) is 0 Å². The minimum atomic E-state index is -0.705. The van der Waals surface area contributed by atoms with Gasteiger partial charge in [0.25, 0.3) is 5.91 Å². The van der Waals surface area contributed by atoms with Crippen molar-refractivity contribution in [3.8, 4) is 0 Å². The number of amides is 3. The summed E-state index contributed by atoms with van der Waals surface area (Å²) in [5, 5.41) is 6.05. The van der Waals surface area contributed by atoms with E-state index in [1.807, 2.05) is 13.8 Å². The number of hydrogen-bond acceptors (Lipinski definition) is 3. The van der Waals surface area contributed by atoms with Crippen LogP contribution in [-0.2, 0) is 4.79 Å². The standard InChI is InChI=1S/C20H22ClN3O3/c1-12(2)11-17(24-19(26)14-3-7-15(21)8-4-14)20(27)23-16-9-5-13(6-10-16)18(22)25/h3-10,12,17H,11H2,1-2H3,(H2,22,25)(H,23,27)(H,24,26). The Morgan fingerprint density at radius 3 is 2.04 bits per heavy atom. The predicted octanol–water partition coefficient (Wildman–Crippen LogP) is 3.22. The molecule has 3 amide bonds. The summed E-state index contributed by atoms with van der Waals surface area (Å²) in [4.78, 5) is 36.2. The highest BCUT2D eigenvalue weighted by Gasteiger charge is 2.22. The third kappa shape index (κ3) is 6.11. The lowest BCUT2D eigenvalue weighted by atomic mass is 10.0. The third-order valence-electron chi connectivity index (χ3n) is 3.87. The first-order valence-corrected chi connectivity index (χ1v) is 8.91. The van der Waals surface area contributed by atoms with Crippen molar-refractivity contribution in [2.75, 3.05) is 5.32 Å². The molecule has 0 heterocycles. The molecular weight excluding hydrogens is 366 g/mol. The lowest BCUT2D eigenvalue weighted by Gasteiger charge is -2.20. The first-order chi connectivity index (χ1) is 12.8. The van der Waals surface area contributed by atoms with Gasteiger partial charge in [0.15, 0.2) is 0 Å². The largest absolute Gasteiger partial charge is 0.366 e. The number of carbonyl (C=O) groups excluding carboxylic acids is 3. The highest BCUT2D eigenvalue weighted by atomic mass is 35.5. The highest BCUT2D eigenvalue weighted by Crippen LogP contribution is 2.14. The number of nitrogens with one attached hydrogen (secondary N) is 2. The van der Waals surface area contributed by atoms with Crippen LogP contribution in [0.15, 0.2) is 48.5 Å². The van der Waals surface area contributed by atoms with Crippen LogP contribution in [0.1, 0.15) is 41.0 Å². The second kappa shape index (κ2) is 9.19. The Morgan fingerprint density at radius 1 is 0.963 bits per heavy atom. The van der Waals surface area contributed by atoms with Crippen LogP contribution in [0.3, 0.4) is 0 Å². The lowest BCUT2D eigenvalue weighted by molar-refractivity contribution is -0.118. The van der Waals surface area contributed by atoms with E-state index in [0.29, 0.717) is 28.3 Å². The third-order valence-corrected chi connectivity index (χ3v) is 4.12. The van der Waals surface area contributed by atoms with E-state index < -0.39 is 11.9 Å². The first kappa shape index (κ1) is 20.5. The van der Waals surface area contributed by atoms with Gasteiger partial charge in [0.05, 0.1) is 0 Å². The number of hydrogen-bond donors (Lipinski definition) is 3. The van der Waals surface area contributed by atoms with E-state index in [4.69, 9.17) is 17.3 Å². The molecule has 7 heteroatoms. The zero-order valence-electron chi connectivity index (χ0n) is 15.2. The lowest BCUT2D eigenvalue weighted by Crippen LogP contribution is -2.44. The van der Waals surface area contributed by atoms with Gasteiger partial charge in [-0.05, 0) is 60.9 Å². The van der Waals surface area contributed by atoms with Crippen LogP contribution >= 0.6 is 11.6 Å². The zero-order chi connectivity index (χ0) is 20.0. The molecule has 1 unspecified atom stereocenters. The van der Waals surface area contributed by atoms with Crippen LogP contribution in [0, 0.1) is 5.92 Å². The number of nitrogens with two attached hydrogens (primary N) is 1. The van der Waals surface area contributed by atoms with E-state index in [0.717, 1.165) is 0 Å². The topological polar surface area (TPSA) is 101 Å². The Bertz CT molecular complexity index is 817. The molecule has 0 radical (unpaired) electrons. The average Bonchev–Trinajstić information content (AvgIpc) is 2.61. The minimum Gasteiger partial charge on any atom is -0.366 e. The maximum Gasteiger partial charge on any atom is 0.251 e. The molecule has 0 bridgehead atoms. The molecule has 2 aromatic carbocycles.